The van der Waals surface area contributed by atoms with E-state index in [9.17, 15) is 18.0 Å². The number of hydrogen-bond acceptors (Lipinski definition) is 6. The molecule has 1 aliphatic rings. The summed E-state index contributed by atoms with van der Waals surface area (Å²) >= 11 is 1.67. The number of benzene rings is 2. The van der Waals surface area contributed by atoms with Crippen molar-refractivity contribution < 1.29 is 18.0 Å². The van der Waals surface area contributed by atoms with E-state index in [1.54, 1.807) is 18.0 Å². The van der Waals surface area contributed by atoms with Gasteiger partial charge in [0.15, 0.2) is 5.65 Å². The third-order valence-electron chi connectivity index (χ3n) is 6.47. The topological polar surface area (TPSA) is 75.9 Å². The minimum Gasteiger partial charge on any atom is -0.355 e. The fourth-order valence-corrected chi connectivity index (χ4v) is 4.88. The largest absolute Gasteiger partial charge is 0.416 e. The second-order valence-electron chi connectivity index (χ2n) is 8.90. The zero-order valence-electron chi connectivity index (χ0n) is 20.1. The van der Waals surface area contributed by atoms with Gasteiger partial charge in [-0.2, -0.15) is 13.2 Å². The number of thioether (sulfide) groups is 1. The van der Waals surface area contributed by atoms with Crippen LogP contribution in [-0.4, -0.2) is 45.0 Å². The molecule has 5 rings (SSSR count). The highest BCUT2D eigenvalue weighted by Crippen LogP contribution is 2.31. The maximum absolute atomic E-state index is 13.0. The number of halogens is 3. The lowest BCUT2D eigenvalue weighted by Crippen LogP contribution is -2.43. The van der Waals surface area contributed by atoms with Crippen molar-refractivity contribution in [2.24, 2.45) is 5.92 Å². The van der Waals surface area contributed by atoms with Crippen molar-refractivity contribution in [3.05, 3.63) is 72.2 Å². The number of fused-ring (bicyclic) bond motifs is 1. The molecule has 4 aromatic rings. The van der Waals surface area contributed by atoms with Crippen LogP contribution in [0.2, 0.25) is 0 Å². The number of aromatic nitrogens is 4. The molecule has 0 bridgehead atoms. The molecule has 1 fully saturated rings. The molecule has 37 heavy (non-hydrogen) atoms. The standard InChI is InChI=1S/C26H25F3N6OS/c1-37-21-10-4-17(5-11-21)13-30-25(36)18-3-2-12-34(14-18)24-22-15-35(33-23(22)31-16-32-24)20-8-6-19(7-9-20)26(27,28)29/h4-11,15-16,18H,2-3,12-14H2,1H3,(H,30,36)/t18-/m0/s1. The Bertz CT molecular complexity index is 1390. The van der Waals surface area contributed by atoms with Crippen molar-refractivity contribution >= 4 is 34.5 Å². The Morgan fingerprint density at radius 2 is 1.86 bits per heavy atom. The third kappa shape index (κ3) is 5.56. The van der Waals surface area contributed by atoms with E-state index in [1.165, 1.54) is 28.0 Å². The molecule has 3 heterocycles. The van der Waals surface area contributed by atoms with Gasteiger partial charge in [-0.15, -0.1) is 16.9 Å². The summed E-state index contributed by atoms with van der Waals surface area (Å²) in [7, 11) is 0. The maximum Gasteiger partial charge on any atom is 0.416 e. The number of hydrogen-bond donors (Lipinski definition) is 1. The Balaban J connectivity index is 1.30. The van der Waals surface area contributed by atoms with E-state index in [2.05, 4.69) is 25.3 Å². The van der Waals surface area contributed by atoms with Crippen molar-refractivity contribution in [1.29, 1.82) is 0 Å². The van der Waals surface area contributed by atoms with Gasteiger partial charge in [0.25, 0.3) is 0 Å². The van der Waals surface area contributed by atoms with Gasteiger partial charge < -0.3 is 10.2 Å². The van der Waals surface area contributed by atoms with E-state index in [4.69, 9.17) is 0 Å². The lowest BCUT2D eigenvalue weighted by molar-refractivity contribution is -0.137. The number of carbonyl (C=O) groups is 1. The number of amides is 1. The Morgan fingerprint density at radius 1 is 1.11 bits per heavy atom. The minimum absolute atomic E-state index is 0.00407. The van der Waals surface area contributed by atoms with Gasteiger partial charge in [0.2, 0.25) is 5.91 Å². The van der Waals surface area contributed by atoms with Crippen LogP contribution in [0, 0.1) is 5.92 Å². The summed E-state index contributed by atoms with van der Waals surface area (Å²) in [6.45, 7) is 1.72. The summed E-state index contributed by atoms with van der Waals surface area (Å²) in [5.74, 6) is 0.479. The minimum atomic E-state index is -4.40. The number of carbonyl (C=O) groups excluding carboxylic acids is 1. The van der Waals surface area contributed by atoms with Crippen LogP contribution in [0.5, 0.6) is 0 Å². The second kappa shape index (κ2) is 10.4. The molecule has 1 saturated heterocycles. The van der Waals surface area contributed by atoms with E-state index in [0.717, 1.165) is 37.1 Å². The summed E-state index contributed by atoms with van der Waals surface area (Å²) in [4.78, 5) is 24.9. The zero-order valence-corrected chi connectivity index (χ0v) is 20.9. The first-order valence-corrected chi connectivity index (χ1v) is 13.1. The first kappa shape index (κ1) is 25.1. The predicted octanol–water partition coefficient (Wildman–Crippen LogP) is 5.09. The van der Waals surface area contributed by atoms with Gasteiger partial charge in [-0.1, -0.05) is 12.1 Å². The normalized spacial score (nSPS) is 16.2. The number of nitrogens with one attached hydrogen (secondary N) is 1. The molecule has 0 aliphatic carbocycles. The molecule has 1 aliphatic heterocycles. The summed E-state index contributed by atoms with van der Waals surface area (Å²) in [5, 5.41) is 8.17. The SMILES string of the molecule is CSc1ccc(CNC(=O)[C@H]2CCCN(c3ncnc4nn(-c5ccc(C(F)(F)F)cc5)cc34)C2)cc1. The fourth-order valence-electron chi connectivity index (χ4n) is 4.47. The molecule has 7 nitrogen and oxygen atoms in total. The van der Waals surface area contributed by atoms with Crippen LogP contribution in [0.25, 0.3) is 16.7 Å². The Labute approximate surface area is 216 Å². The molecule has 0 radical (unpaired) electrons. The first-order valence-electron chi connectivity index (χ1n) is 11.9. The van der Waals surface area contributed by atoms with E-state index in [1.807, 2.05) is 30.5 Å². The number of rotatable bonds is 6. The number of piperidine rings is 1. The third-order valence-corrected chi connectivity index (χ3v) is 7.22. The smallest absolute Gasteiger partial charge is 0.355 e. The molecule has 1 N–H and O–H groups in total. The van der Waals surface area contributed by atoms with Crippen molar-refractivity contribution in [2.75, 3.05) is 24.2 Å². The summed E-state index contributed by atoms with van der Waals surface area (Å²) in [5.41, 5.74) is 1.25. The van der Waals surface area contributed by atoms with E-state index in [-0.39, 0.29) is 11.8 Å². The molecule has 2 aromatic heterocycles. The van der Waals surface area contributed by atoms with Crippen LogP contribution in [0.15, 0.2) is 66.0 Å². The summed E-state index contributed by atoms with van der Waals surface area (Å²) < 4.78 is 40.3. The average molecular weight is 527 g/mol. The van der Waals surface area contributed by atoms with Crippen molar-refractivity contribution in [3.63, 3.8) is 0 Å². The fraction of sp³-hybridized carbons (Fsp3) is 0.308. The van der Waals surface area contributed by atoms with Crippen LogP contribution < -0.4 is 10.2 Å². The molecule has 1 atom stereocenters. The van der Waals surface area contributed by atoms with E-state index >= 15 is 0 Å². The second-order valence-corrected chi connectivity index (χ2v) is 9.78. The van der Waals surface area contributed by atoms with Crippen LogP contribution in [-0.2, 0) is 17.5 Å². The average Bonchev–Trinajstić information content (AvgIpc) is 3.36. The monoisotopic (exact) mass is 526 g/mol. The molecule has 192 valence electrons. The van der Waals surface area contributed by atoms with Crippen LogP contribution in [0.1, 0.15) is 24.0 Å². The first-order chi connectivity index (χ1) is 17.8. The highest BCUT2D eigenvalue weighted by molar-refractivity contribution is 7.98. The van der Waals surface area contributed by atoms with Gasteiger partial charge in [-0.3, -0.25) is 4.79 Å². The number of anilines is 1. The van der Waals surface area contributed by atoms with Gasteiger partial charge in [-0.25, -0.2) is 14.6 Å². The van der Waals surface area contributed by atoms with Crippen LogP contribution in [0.3, 0.4) is 0 Å². The quantitative estimate of drug-likeness (QED) is 0.353. The highest BCUT2D eigenvalue weighted by atomic mass is 32.2. The summed E-state index contributed by atoms with van der Waals surface area (Å²) in [6, 6.07) is 12.9. The van der Waals surface area contributed by atoms with Gasteiger partial charge in [0.05, 0.1) is 22.6 Å². The van der Waals surface area contributed by atoms with Gasteiger partial charge in [0, 0.05) is 30.7 Å². The lowest BCUT2D eigenvalue weighted by atomic mass is 9.97. The molecule has 11 heteroatoms. The Hall–Kier alpha value is -3.60. The molecule has 1 amide bonds. The predicted molar refractivity (Wildman–Crippen MR) is 137 cm³/mol. The van der Waals surface area contributed by atoms with Crippen LogP contribution >= 0.6 is 11.8 Å². The number of nitrogens with zero attached hydrogens (tertiary/aromatic N) is 5. The molecule has 0 unspecified atom stereocenters. The maximum atomic E-state index is 13.0. The molecule has 2 aromatic carbocycles. The van der Waals surface area contributed by atoms with Gasteiger partial charge >= 0.3 is 6.18 Å². The van der Waals surface area contributed by atoms with E-state index in [0.29, 0.717) is 35.6 Å². The molecule has 0 spiro atoms. The van der Waals surface area contributed by atoms with Crippen molar-refractivity contribution in [2.45, 2.75) is 30.5 Å². The lowest BCUT2D eigenvalue weighted by Gasteiger charge is -2.33. The molecular weight excluding hydrogens is 501 g/mol. The van der Waals surface area contributed by atoms with Crippen LogP contribution in [0.4, 0.5) is 19.0 Å². The zero-order chi connectivity index (χ0) is 26.0. The van der Waals surface area contributed by atoms with Crippen molar-refractivity contribution in [1.82, 2.24) is 25.1 Å². The van der Waals surface area contributed by atoms with Gasteiger partial charge in [0.1, 0.15) is 12.1 Å². The van der Waals surface area contributed by atoms with Gasteiger partial charge in [-0.05, 0) is 61.1 Å². The summed E-state index contributed by atoms with van der Waals surface area (Å²) in [6.07, 6.45) is 2.38. The van der Waals surface area contributed by atoms with E-state index < -0.39 is 11.7 Å². The molecular formula is C26H25F3N6OS. The van der Waals surface area contributed by atoms with Crippen molar-refractivity contribution in [3.8, 4) is 5.69 Å². The Kier molecular flexibility index (Phi) is 7.05. The number of alkyl halides is 3. The Morgan fingerprint density at radius 3 is 2.57 bits per heavy atom. The molecule has 0 saturated carbocycles. The highest BCUT2D eigenvalue weighted by Gasteiger charge is 2.30.